The molecule has 0 unspecified atom stereocenters. The molecule has 1 aromatic carbocycles. The fourth-order valence-electron chi connectivity index (χ4n) is 3.87. The van der Waals surface area contributed by atoms with Crippen LogP contribution in [0.2, 0.25) is 5.02 Å². The van der Waals surface area contributed by atoms with Crippen molar-refractivity contribution in [3.05, 3.63) is 64.9 Å². The average Bonchev–Trinajstić information content (AvgIpc) is 3.44. The summed E-state index contributed by atoms with van der Waals surface area (Å²) in [6.45, 7) is 1.70. The summed E-state index contributed by atoms with van der Waals surface area (Å²) in [6.07, 6.45) is 7.69. The van der Waals surface area contributed by atoms with Gasteiger partial charge in [-0.1, -0.05) is 23.7 Å². The first-order valence-electron chi connectivity index (χ1n) is 8.64. The van der Waals surface area contributed by atoms with Crippen LogP contribution in [-0.2, 0) is 10.2 Å². The molecule has 0 radical (unpaired) electrons. The molecule has 1 amide bonds. The minimum absolute atomic E-state index is 0.284. The second-order valence-electron chi connectivity index (χ2n) is 6.94. The number of amides is 1. The van der Waals surface area contributed by atoms with Crippen molar-refractivity contribution in [1.82, 2.24) is 9.88 Å². The standard InChI is InChI=1S/C20H21ClN2O/c21-18-3-1-17(2-4-18)20(9-10-20)19(24)23-13-7-16(8-14-23)15-5-11-22-12-6-15/h1-6,11-12,16H,7-10,13-14H2. The predicted octanol–water partition coefficient (Wildman–Crippen LogP) is 4.17. The van der Waals surface area contributed by atoms with Crippen LogP contribution in [-0.4, -0.2) is 28.9 Å². The Balaban J connectivity index is 1.44. The third kappa shape index (κ3) is 2.82. The van der Waals surface area contributed by atoms with Crippen molar-refractivity contribution >= 4 is 17.5 Å². The molecule has 1 aliphatic heterocycles. The highest BCUT2D eigenvalue weighted by Gasteiger charge is 2.53. The molecule has 0 N–H and O–H groups in total. The highest BCUT2D eigenvalue weighted by Crippen LogP contribution is 2.50. The van der Waals surface area contributed by atoms with Crippen LogP contribution in [0.25, 0.3) is 0 Å². The molecule has 1 aromatic heterocycles. The number of nitrogens with zero attached hydrogens (tertiary/aromatic N) is 2. The maximum absolute atomic E-state index is 13.1. The number of rotatable bonds is 3. The van der Waals surface area contributed by atoms with Gasteiger partial charge in [-0.15, -0.1) is 0 Å². The normalized spacial score (nSPS) is 20.0. The zero-order valence-electron chi connectivity index (χ0n) is 13.6. The number of hydrogen-bond acceptors (Lipinski definition) is 2. The Morgan fingerprint density at radius 2 is 1.67 bits per heavy atom. The van der Waals surface area contributed by atoms with E-state index in [0.717, 1.165) is 49.4 Å². The molecule has 1 saturated carbocycles. The lowest BCUT2D eigenvalue weighted by molar-refractivity contribution is -0.135. The maximum Gasteiger partial charge on any atom is 0.233 e. The summed E-state index contributed by atoms with van der Waals surface area (Å²) in [5.41, 5.74) is 2.18. The van der Waals surface area contributed by atoms with Crippen LogP contribution < -0.4 is 0 Å². The number of pyridine rings is 1. The van der Waals surface area contributed by atoms with E-state index >= 15 is 0 Å². The van der Waals surface area contributed by atoms with Gasteiger partial charge in [0.1, 0.15) is 0 Å². The van der Waals surface area contributed by atoms with Gasteiger partial charge in [0.05, 0.1) is 5.41 Å². The van der Waals surface area contributed by atoms with E-state index in [2.05, 4.69) is 22.0 Å². The molecule has 3 nitrogen and oxygen atoms in total. The van der Waals surface area contributed by atoms with Crippen molar-refractivity contribution in [1.29, 1.82) is 0 Å². The molecular formula is C20H21ClN2O. The van der Waals surface area contributed by atoms with Crippen LogP contribution in [0.1, 0.15) is 42.7 Å². The number of halogens is 1. The maximum atomic E-state index is 13.1. The van der Waals surface area contributed by atoms with E-state index in [-0.39, 0.29) is 5.41 Å². The van der Waals surface area contributed by atoms with Gasteiger partial charge < -0.3 is 4.90 Å². The fourth-order valence-corrected chi connectivity index (χ4v) is 4.00. The van der Waals surface area contributed by atoms with Crippen LogP contribution in [0.3, 0.4) is 0 Å². The van der Waals surface area contributed by atoms with Gasteiger partial charge in [-0.25, -0.2) is 0 Å². The lowest BCUT2D eigenvalue weighted by Gasteiger charge is -2.34. The Bertz CT molecular complexity index is 717. The molecule has 0 atom stereocenters. The van der Waals surface area contributed by atoms with Crippen LogP contribution >= 0.6 is 11.6 Å². The fraction of sp³-hybridized carbons (Fsp3) is 0.400. The zero-order chi connectivity index (χ0) is 16.6. The van der Waals surface area contributed by atoms with E-state index < -0.39 is 0 Å². The molecule has 4 rings (SSSR count). The van der Waals surface area contributed by atoms with Gasteiger partial charge in [-0.05, 0) is 67.0 Å². The lowest BCUT2D eigenvalue weighted by atomic mass is 9.88. The molecule has 1 saturated heterocycles. The van der Waals surface area contributed by atoms with Gasteiger partial charge in [0, 0.05) is 30.5 Å². The van der Waals surface area contributed by atoms with Gasteiger partial charge in [0.2, 0.25) is 5.91 Å². The number of benzene rings is 1. The smallest absolute Gasteiger partial charge is 0.233 e. The minimum atomic E-state index is -0.284. The molecule has 4 heteroatoms. The first-order valence-corrected chi connectivity index (χ1v) is 9.02. The predicted molar refractivity (Wildman–Crippen MR) is 95.2 cm³/mol. The van der Waals surface area contributed by atoms with Crippen molar-refractivity contribution < 1.29 is 4.79 Å². The number of carbonyl (C=O) groups excluding carboxylic acids is 1. The molecule has 24 heavy (non-hydrogen) atoms. The largest absolute Gasteiger partial charge is 0.342 e. The van der Waals surface area contributed by atoms with Crippen LogP contribution in [0.15, 0.2) is 48.8 Å². The first-order chi connectivity index (χ1) is 11.7. The Morgan fingerprint density at radius 1 is 1.04 bits per heavy atom. The molecule has 0 bridgehead atoms. The second-order valence-corrected chi connectivity index (χ2v) is 7.37. The average molecular weight is 341 g/mol. The van der Waals surface area contributed by atoms with Gasteiger partial charge in [0.15, 0.2) is 0 Å². The molecule has 2 heterocycles. The quantitative estimate of drug-likeness (QED) is 0.840. The Morgan fingerprint density at radius 3 is 2.25 bits per heavy atom. The summed E-state index contributed by atoms with van der Waals surface area (Å²) < 4.78 is 0. The van der Waals surface area contributed by atoms with Crippen LogP contribution in [0.4, 0.5) is 0 Å². The third-order valence-electron chi connectivity index (χ3n) is 5.52. The van der Waals surface area contributed by atoms with Crippen LogP contribution in [0, 0.1) is 0 Å². The van der Waals surface area contributed by atoms with Gasteiger partial charge >= 0.3 is 0 Å². The molecule has 0 spiro atoms. The summed E-state index contributed by atoms with van der Waals surface area (Å²) in [4.78, 5) is 19.3. The molecule has 124 valence electrons. The van der Waals surface area contributed by atoms with E-state index in [4.69, 9.17) is 11.6 Å². The van der Waals surface area contributed by atoms with Crippen molar-refractivity contribution in [2.75, 3.05) is 13.1 Å². The van der Waals surface area contributed by atoms with Crippen molar-refractivity contribution in [3.63, 3.8) is 0 Å². The summed E-state index contributed by atoms with van der Waals surface area (Å²) in [7, 11) is 0. The second kappa shape index (κ2) is 6.21. The molecule has 2 aromatic rings. The Hall–Kier alpha value is -1.87. The van der Waals surface area contributed by atoms with E-state index in [1.165, 1.54) is 5.56 Å². The summed E-state index contributed by atoms with van der Waals surface area (Å²) in [5.74, 6) is 0.848. The lowest BCUT2D eigenvalue weighted by Crippen LogP contribution is -2.43. The number of likely N-dealkylation sites (tertiary alicyclic amines) is 1. The topological polar surface area (TPSA) is 33.2 Å². The van der Waals surface area contributed by atoms with Gasteiger partial charge in [0.25, 0.3) is 0 Å². The monoisotopic (exact) mass is 340 g/mol. The third-order valence-corrected chi connectivity index (χ3v) is 5.77. The summed E-state index contributed by atoms with van der Waals surface area (Å²) in [5, 5.41) is 0.722. The highest BCUT2D eigenvalue weighted by molar-refractivity contribution is 6.30. The number of carbonyl (C=O) groups is 1. The summed E-state index contributed by atoms with van der Waals surface area (Å²) >= 11 is 5.98. The van der Waals surface area contributed by atoms with E-state index in [1.54, 1.807) is 0 Å². The van der Waals surface area contributed by atoms with Crippen LogP contribution in [0.5, 0.6) is 0 Å². The van der Waals surface area contributed by atoms with E-state index in [9.17, 15) is 4.79 Å². The van der Waals surface area contributed by atoms with Crippen molar-refractivity contribution in [3.8, 4) is 0 Å². The number of piperidine rings is 1. The Labute approximate surface area is 147 Å². The van der Waals surface area contributed by atoms with Gasteiger partial charge in [-0.3, -0.25) is 9.78 Å². The minimum Gasteiger partial charge on any atom is -0.342 e. The zero-order valence-corrected chi connectivity index (χ0v) is 14.4. The molecular weight excluding hydrogens is 320 g/mol. The number of aromatic nitrogens is 1. The van der Waals surface area contributed by atoms with E-state index in [0.29, 0.717) is 11.8 Å². The molecule has 2 fully saturated rings. The molecule has 1 aliphatic carbocycles. The SMILES string of the molecule is O=C(N1CCC(c2ccncc2)CC1)C1(c2ccc(Cl)cc2)CC1. The van der Waals surface area contributed by atoms with E-state index in [1.807, 2.05) is 36.7 Å². The molecule has 2 aliphatic rings. The first kappa shape index (κ1) is 15.6. The summed E-state index contributed by atoms with van der Waals surface area (Å²) in [6, 6.07) is 12.0. The Kier molecular flexibility index (Phi) is 4.05. The van der Waals surface area contributed by atoms with Crippen molar-refractivity contribution in [2.45, 2.75) is 37.0 Å². The highest BCUT2D eigenvalue weighted by atomic mass is 35.5. The van der Waals surface area contributed by atoms with Gasteiger partial charge in [-0.2, -0.15) is 0 Å². The van der Waals surface area contributed by atoms with Crippen molar-refractivity contribution in [2.24, 2.45) is 0 Å². The number of hydrogen-bond donors (Lipinski definition) is 0.